The number of carbonyl (C=O) groups excluding carboxylic acids is 1. The highest BCUT2D eigenvalue weighted by Crippen LogP contribution is 2.40. The highest BCUT2D eigenvalue weighted by atomic mass is 32.1. The summed E-state index contributed by atoms with van der Waals surface area (Å²) in [6, 6.07) is 10.1. The Balaban J connectivity index is 1.67. The number of carbonyl (C=O) groups is 1. The van der Waals surface area contributed by atoms with Crippen molar-refractivity contribution in [2.24, 2.45) is 5.92 Å². The van der Waals surface area contributed by atoms with Crippen molar-refractivity contribution in [2.45, 2.75) is 59.5 Å². The molecule has 176 valence electrons. The Morgan fingerprint density at radius 3 is 2.45 bits per heavy atom. The summed E-state index contributed by atoms with van der Waals surface area (Å²) in [6.07, 6.45) is 7.23. The molecule has 3 heterocycles. The SMILES string of the molecule is Cc1cc(C)cc(NC(=O)NC(CCC(C)C)c2c(-n3cccc3)sc3c2CCN(C)C3)c1. The largest absolute Gasteiger partial charge is 0.331 e. The van der Waals surface area contributed by atoms with Gasteiger partial charge in [0, 0.05) is 41.6 Å². The zero-order chi connectivity index (χ0) is 23.5. The van der Waals surface area contributed by atoms with Crippen LogP contribution in [-0.2, 0) is 13.0 Å². The molecule has 6 heteroatoms. The minimum absolute atomic E-state index is 0.0286. The van der Waals surface area contributed by atoms with E-state index in [1.165, 1.54) is 21.0 Å². The van der Waals surface area contributed by atoms with Crippen LogP contribution in [0, 0.1) is 19.8 Å². The second-order valence-electron chi connectivity index (χ2n) is 9.80. The number of nitrogens with one attached hydrogen (secondary N) is 2. The number of aryl methyl sites for hydroxylation is 2. The number of benzene rings is 1. The molecule has 0 bridgehead atoms. The smallest absolute Gasteiger partial charge is 0.319 e. The number of thiophene rings is 1. The molecule has 1 aromatic carbocycles. The number of nitrogens with zero attached hydrogens (tertiary/aromatic N) is 2. The van der Waals surface area contributed by atoms with Crippen molar-refractivity contribution < 1.29 is 4.79 Å². The van der Waals surface area contributed by atoms with Gasteiger partial charge in [0.15, 0.2) is 0 Å². The fourth-order valence-corrected chi connectivity index (χ4v) is 6.18. The van der Waals surface area contributed by atoms with Crippen molar-refractivity contribution in [2.75, 3.05) is 18.9 Å². The Morgan fingerprint density at radius 1 is 1.09 bits per heavy atom. The van der Waals surface area contributed by atoms with Gasteiger partial charge in [0.1, 0.15) is 5.00 Å². The summed E-state index contributed by atoms with van der Waals surface area (Å²) in [5.74, 6) is 0.576. The molecule has 0 radical (unpaired) electrons. The zero-order valence-corrected chi connectivity index (χ0v) is 21.3. The van der Waals surface area contributed by atoms with Gasteiger partial charge in [-0.05, 0) is 87.0 Å². The second-order valence-corrected chi connectivity index (χ2v) is 10.9. The first kappa shape index (κ1) is 23.6. The lowest BCUT2D eigenvalue weighted by molar-refractivity contribution is 0.247. The molecule has 0 saturated carbocycles. The molecule has 2 aromatic heterocycles. The van der Waals surface area contributed by atoms with E-state index in [-0.39, 0.29) is 12.1 Å². The standard InChI is InChI=1S/C27H36N4OS/c1-18(2)8-9-23(29-27(32)28-21-15-19(3)14-20(4)16-21)25-22-10-13-30(5)17-24(22)33-26(25)31-11-6-7-12-31/h6-7,11-12,14-16,18,23H,8-10,13,17H2,1-5H3,(H2,28,29,32). The van der Waals surface area contributed by atoms with Crippen molar-refractivity contribution in [3.05, 3.63) is 69.9 Å². The van der Waals surface area contributed by atoms with E-state index in [4.69, 9.17) is 0 Å². The molecular formula is C27H36N4OS. The van der Waals surface area contributed by atoms with E-state index >= 15 is 0 Å². The summed E-state index contributed by atoms with van der Waals surface area (Å²) < 4.78 is 2.21. The van der Waals surface area contributed by atoms with Gasteiger partial charge in [-0.25, -0.2) is 4.79 Å². The van der Waals surface area contributed by atoms with Crippen molar-refractivity contribution in [1.29, 1.82) is 0 Å². The molecule has 0 fully saturated rings. The number of likely N-dealkylation sites (N-methyl/N-ethyl adjacent to an activating group) is 1. The summed E-state index contributed by atoms with van der Waals surface area (Å²) in [4.78, 5) is 17.0. The van der Waals surface area contributed by atoms with Crippen molar-refractivity contribution in [1.82, 2.24) is 14.8 Å². The number of amides is 2. The maximum atomic E-state index is 13.2. The third-order valence-electron chi connectivity index (χ3n) is 6.27. The Bertz CT molecular complexity index is 1080. The van der Waals surface area contributed by atoms with Crippen LogP contribution in [-0.4, -0.2) is 29.1 Å². The molecule has 33 heavy (non-hydrogen) atoms. The van der Waals surface area contributed by atoms with Crippen molar-refractivity contribution in [3.8, 4) is 5.00 Å². The molecule has 0 spiro atoms. The summed E-state index contributed by atoms with van der Waals surface area (Å²) in [6.45, 7) is 10.6. The predicted octanol–water partition coefficient (Wildman–Crippen LogP) is 6.44. The van der Waals surface area contributed by atoms with Gasteiger partial charge in [-0.3, -0.25) is 0 Å². The van der Waals surface area contributed by atoms with Crippen molar-refractivity contribution >= 4 is 23.1 Å². The number of hydrogen-bond acceptors (Lipinski definition) is 3. The average Bonchev–Trinajstić information content (AvgIpc) is 3.37. The molecule has 0 aliphatic carbocycles. The van der Waals surface area contributed by atoms with Crippen LogP contribution in [0.1, 0.15) is 59.9 Å². The lowest BCUT2D eigenvalue weighted by Crippen LogP contribution is -2.34. The van der Waals surface area contributed by atoms with E-state index in [1.54, 1.807) is 0 Å². The maximum absolute atomic E-state index is 13.2. The summed E-state index contributed by atoms with van der Waals surface area (Å²) >= 11 is 1.87. The van der Waals surface area contributed by atoms with E-state index < -0.39 is 0 Å². The lowest BCUT2D eigenvalue weighted by Gasteiger charge is -2.26. The fraction of sp³-hybridized carbons (Fsp3) is 0.444. The van der Waals surface area contributed by atoms with Gasteiger partial charge in [-0.15, -0.1) is 11.3 Å². The molecule has 4 rings (SSSR count). The van der Waals surface area contributed by atoms with E-state index in [2.05, 4.69) is 85.4 Å². The number of urea groups is 1. The Kier molecular flexibility index (Phi) is 7.25. The summed E-state index contributed by atoms with van der Waals surface area (Å²) in [5.41, 5.74) is 5.87. The normalized spacial score (nSPS) is 14.8. The third kappa shape index (κ3) is 5.68. The Hall–Kier alpha value is -2.57. The molecule has 1 aliphatic heterocycles. The fourth-order valence-electron chi connectivity index (χ4n) is 4.72. The molecule has 3 aromatic rings. The highest BCUT2D eigenvalue weighted by Gasteiger charge is 2.29. The number of aromatic nitrogens is 1. The molecule has 0 saturated heterocycles. The van der Waals surface area contributed by atoms with Gasteiger partial charge < -0.3 is 20.1 Å². The van der Waals surface area contributed by atoms with Crippen LogP contribution in [0.4, 0.5) is 10.5 Å². The third-order valence-corrected chi connectivity index (χ3v) is 7.52. The van der Waals surface area contributed by atoms with Crippen LogP contribution in [0.15, 0.2) is 42.7 Å². The van der Waals surface area contributed by atoms with Crippen LogP contribution in [0.5, 0.6) is 0 Å². The summed E-state index contributed by atoms with van der Waals surface area (Å²) in [7, 11) is 2.18. The average molecular weight is 465 g/mol. The first-order chi connectivity index (χ1) is 15.8. The number of anilines is 1. The first-order valence-corrected chi connectivity index (χ1v) is 12.7. The Morgan fingerprint density at radius 2 is 1.79 bits per heavy atom. The minimum Gasteiger partial charge on any atom is -0.331 e. The molecule has 2 amide bonds. The minimum atomic E-state index is -0.139. The van der Waals surface area contributed by atoms with Crippen LogP contribution < -0.4 is 10.6 Å². The van der Waals surface area contributed by atoms with Gasteiger partial charge in [-0.2, -0.15) is 0 Å². The van der Waals surface area contributed by atoms with Crippen LogP contribution in [0.3, 0.4) is 0 Å². The molecular weight excluding hydrogens is 428 g/mol. The van der Waals surface area contributed by atoms with E-state index in [0.29, 0.717) is 5.92 Å². The van der Waals surface area contributed by atoms with E-state index in [9.17, 15) is 4.79 Å². The van der Waals surface area contributed by atoms with E-state index in [1.807, 2.05) is 23.5 Å². The van der Waals surface area contributed by atoms with E-state index in [0.717, 1.165) is 49.2 Å². The van der Waals surface area contributed by atoms with Gasteiger partial charge >= 0.3 is 6.03 Å². The number of hydrogen-bond donors (Lipinski definition) is 2. The zero-order valence-electron chi connectivity index (χ0n) is 20.4. The number of rotatable bonds is 7. The first-order valence-electron chi connectivity index (χ1n) is 11.9. The molecule has 2 N–H and O–H groups in total. The van der Waals surface area contributed by atoms with Crippen LogP contribution in [0.25, 0.3) is 5.00 Å². The highest BCUT2D eigenvalue weighted by molar-refractivity contribution is 7.15. The second kappa shape index (κ2) is 10.1. The molecule has 1 aliphatic rings. The van der Waals surface area contributed by atoms with Crippen molar-refractivity contribution in [3.63, 3.8) is 0 Å². The topological polar surface area (TPSA) is 49.3 Å². The molecule has 1 atom stereocenters. The van der Waals surface area contributed by atoms with Gasteiger partial charge in [0.25, 0.3) is 0 Å². The van der Waals surface area contributed by atoms with Gasteiger partial charge in [0.05, 0.1) is 6.04 Å². The number of fused-ring (bicyclic) bond motifs is 1. The van der Waals surface area contributed by atoms with Crippen LogP contribution in [0.2, 0.25) is 0 Å². The molecule has 5 nitrogen and oxygen atoms in total. The van der Waals surface area contributed by atoms with Gasteiger partial charge in [-0.1, -0.05) is 19.9 Å². The summed E-state index contributed by atoms with van der Waals surface area (Å²) in [5, 5.41) is 7.68. The Labute approximate surface area is 201 Å². The predicted molar refractivity (Wildman–Crippen MR) is 139 cm³/mol. The quantitative estimate of drug-likeness (QED) is 0.422. The lowest BCUT2D eigenvalue weighted by atomic mass is 9.92. The van der Waals surface area contributed by atoms with Crippen LogP contribution >= 0.6 is 11.3 Å². The van der Waals surface area contributed by atoms with Gasteiger partial charge in [0.2, 0.25) is 0 Å². The monoisotopic (exact) mass is 464 g/mol. The maximum Gasteiger partial charge on any atom is 0.319 e. The molecule has 1 unspecified atom stereocenters.